The minimum absolute atomic E-state index is 0.147. The van der Waals surface area contributed by atoms with Crippen molar-refractivity contribution in [1.29, 1.82) is 0 Å². The number of anilines is 2. The topological polar surface area (TPSA) is 88.3 Å². The highest BCUT2D eigenvalue weighted by Gasteiger charge is 2.24. The van der Waals surface area contributed by atoms with Crippen molar-refractivity contribution in [3.05, 3.63) is 70.7 Å². The van der Waals surface area contributed by atoms with Crippen molar-refractivity contribution >= 4 is 17.2 Å². The van der Waals surface area contributed by atoms with Crippen LogP contribution in [0.3, 0.4) is 0 Å². The molecule has 0 radical (unpaired) electrons. The number of nitro benzene ring substituents is 1. The Morgan fingerprint density at radius 2 is 1.64 bits per heavy atom. The maximum atomic E-state index is 11.3. The number of hydrogen-bond donors (Lipinski definition) is 0. The third-order valence-electron chi connectivity index (χ3n) is 4.80. The van der Waals surface area contributed by atoms with Gasteiger partial charge >= 0.3 is 0 Å². The zero-order valence-electron chi connectivity index (χ0n) is 15.5. The summed E-state index contributed by atoms with van der Waals surface area (Å²) in [5, 5.41) is 11.3. The molecule has 1 aliphatic rings. The van der Waals surface area contributed by atoms with Crippen LogP contribution in [0.2, 0.25) is 0 Å². The maximum Gasteiger partial charge on any atom is 0.292 e. The van der Waals surface area contributed by atoms with Crippen molar-refractivity contribution in [2.24, 2.45) is 0 Å². The van der Waals surface area contributed by atoms with Crippen LogP contribution in [0.15, 0.2) is 54.9 Å². The van der Waals surface area contributed by atoms with Crippen LogP contribution in [0.4, 0.5) is 17.2 Å². The molecule has 1 saturated heterocycles. The Labute approximate surface area is 162 Å². The minimum Gasteiger partial charge on any atom is -0.362 e. The van der Waals surface area contributed by atoms with Crippen LogP contribution in [-0.4, -0.2) is 46.1 Å². The molecular weight excluding hydrogens is 356 g/mol. The second kappa shape index (κ2) is 7.59. The normalized spacial score (nSPS) is 14.2. The molecule has 0 bridgehead atoms. The van der Waals surface area contributed by atoms with Crippen LogP contribution in [0.25, 0.3) is 11.4 Å². The highest BCUT2D eigenvalue weighted by molar-refractivity contribution is 5.64. The Kier molecular flexibility index (Phi) is 4.84. The van der Waals surface area contributed by atoms with E-state index in [2.05, 4.69) is 19.8 Å². The highest BCUT2D eigenvalue weighted by atomic mass is 16.6. The number of rotatable bonds is 4. The molecule has 8 heteroatoms. The summed E-state index contributed by atoms with van der Waals surface area (Å²) < 4.78 is 0. The average Bonchev–Trinajstić information content (AvgIpc) is 2.74. The number of piperazine rings is 1. The first-order valence-corrected chi connectivity index (χ1v) is 9.11. The molecule has 1 aliphatic heterocycles. The first-order valence-electron chi connectivity index (χ1n) is 9.11. The van der Waals surface area contributed by atoms with Crippen LogP contribution >= 0.6 is 0 Å². The van der Waals surface area contributed by atoms with Gasteiger partial charge < -0.3 is 9.80 Å². The summed E-state index contributed by atoms with van der Waals surface area (Å²) >= 11 is 0. The standard InChI is InChI=1S/C20H20N6O2/c1-15-14-19(23-20(22-15)16-6-8-21-9-7-16)25-12-10-24(11-13-25)17-4-2-3-5-18(17)26(27)28/h2-9,14H,10-13H2,1H3. The van der Waals surface area contributed by atoms with Gasteiger partial charge in [0.15, 0.2) is 5.82 Å². The number of nitrogens with zero attached hydrogens (tertiary/aromatic N) is 6. The van der Waals surface area contributed by atoms with Gasteiger partial charge in [0.1, 0.15) is 11.5 Å². The smallest absolute Gasteiger partial charge is 0.292 e. The molecule has 3 aromatic rings. The van der Waals surface area contributed by atoms with Gasteiger partial charge in [-0.25, -0.2) is 9.97 Å². The van der Waals surface area contributed by atoms with Crippen molar-refractivity contribution in [2.75, 3.05) is 36.0 Å². The monoisotopic (exact) mass is 376 g/mol. The van der Waals surface area contributed by atoms with Crippen LogP contribution in [0.1, 0.15) is 5.69 Å². The first-order chi connectivity index (χ1) is 13.6. The average molecular weight is 376 g/mol. The van der Waals surface area contributed by atoms with Gasteiger partial charge in [0, 0.05) is 62.0 Å². The molecule has 0 unspecified atom stereocenters. The van der Waals surface area contributed by atoms with Crippen LogP contribution in [0, 0.1) is 17.0 Å². The number of para-hydroxylation sites is 2. The zero-order valence-corrected chi connectivity index (χ0v) is 15.5. The molecule has 0 saturated carbocycles. The third kappa shape index (κ3) is 3.62. The second-order valence-electron chi connectivity index (χ2n) is 6.65. The SMILES string of the molecule is Cc1cc(N2CCN(c3ccccc3[N+](=O)[O-])CC2)nc(-c2ccncc2)n1. The molecule has 3 heterocycles. The number of benzene rings is 1. The van der Waals surface area contributed by atoms with Crippen molar-refractivity contribution < 1.29 is 4.92 Å². The molecule has 28 heavy (non-hydrogen) atoms. The van der Waals surface area contributed by atoms with Gasteiger partial charge in [0.2, 0.25) is 0 Å². The van der Waals surface area contributed by atoms with E-state index >= 15 is 0 Å². The van der Waals surface area contributed by atoms with Gasteiger partial charge in [-0.15, -0.1) is 0 Å². The van der Waals surface area contributed by atoms with Crippen molar-refractivity contribution in [3.8, 4) is 11.4 Å². The Balaban J connectivity index is 1.53. The summed E-state index contributed by atoms with van der Waals surface area (Å²) in [4.78, 5) is 28.6. The lowest BCUT2D eigenvalue weighted by molar-refractivity contribution is -0.384. The van der Waals surface area contributed by atoms with Crippen molar-refractivity contribution in [3.63, 3.8) is 0 Å². The molecule has 1 fully saturated rings. The Morgan fingerprint density at radius 1 is 0.964 bits per heavy atom. The zero-order chi connectivity index (χ0) is 19.5. The highest BCUT2D eigenvalue weighted by Crippen LogP contribution is 2.29. The molecule has 0 amide bonds. The van der Waals surface area contributed by atoms with E-state index in [1.54, 1.807) is 24.5 Å². The second-order valence-corrected chi connectivity index (χ2v) is 6.65. The summed E-state index contributed by atoms with van der Waals surface area (Å²) in [6.07, 6.45) is 3.46. The number of aryl methyl sites for hydroxylation is 1. The largest absolute Gasteiger partial charge is 0.362 e. The molecule has 8 nitrogen and oxygen atoms in total. The Bertz CT molecular complexity index is 987. The lowest BCUT2D eigenvalue weighted by Gasteiger charge is -2.36. The van der Waals surface area contributed by atoms with Gasteiger partial charge in [0.25, 0.3) is 5.69 Å². The summed E-state index contributed by atoms with van der Waals surface area (Å²) in [5.41, 5.74) is 2.65. The third-order valence-corrected chi connectivity index (χ3v) is 4.80. The van der Waals surface area contributed by atoms with Crippen LogP contribution in [0.5, 0.6) is 0 Å². The van der Waals surface area contributed by atoms with Gasteiger partial charge in [-0.2, -0.15) is 0 Å². The van der Waals surface area contributed by atoms with Gasteiger partial charge in [-0.3, -0.25) is 15.1 Å². The van der Waals surface area contributed by atoms with E-state index in [1.807, 2.05) is 37.3 Å². The lowest BCUT2D eigenvalue weighted by Crippen LogP contribution is -2.47. The van der Waals surface area contributed by atoms with Gasteiger partial charge in [0.05, 0.1) is 4.92 Å². The van der Waals surface area contributed by atoms with Crippen LogP contribution < -0.4 is 9.80 Å². The molecule has 0 N–H and O–H groups in total. The molecule has 0 spiro atoms. The summed E-state index contributed by atoms with van der Waals surface area (Å²) in [6, 6.07) is 12.7. The quantitative estimate of drug-likeness (QED) is 0.511. The van der Waals surface area contributed by atoms with E-state index in [0.29, 0.717) is 24.6 Å². The fourth-order valence-electron chi connectivity index (χ4n) is 3.41. The van der Waals surface area contributed by atoms with Crippen molar-refractivity contribution in [1.82, 2.24) is 15.0 Å². The minimum atomic E-state index is -0.323. The fraction of sp³-hybridized carbons (Fsp3) is 0.250. The molecule has 2 aromatic heterocycles. The van der Waals surface area contributed by atoms with Crippen LogP contribution in [-0.2, 0) is 0 Å². The Morgan fingerprint density at radius 3 is 2.36 bits per heavy atom. The van der Waals surface area contributed by atoms with Crippen molar-refractivity contribution in [2.45, 2.75) is 6.92 Å². The molecular formula is C20H20N6O2. The molecule has 0 atom stereocenters. The predicted octanol–water partition coefficient (Wildman–Crippen LogP) is 3.08. The summed E-state index contributed by atoms with van der Waals surface area (Å²) in [6.45, 7) is 4.81. The molecule has 142 valence electrons. The van der Waals surface area contributed by atoms with Gasteiger partial charge in [-0.1, -0.05) is 12.1 Å². The van der Waals surface area contributed by atoms with E-state index < -0.39 is 0 Å². The molecule has 4 rings (SSSR count). The summed E-state index contributed by atoms with van der Waals surface area (Å²) in [7, 11) is 0. The van der Waals surface area contributed by atoms with E-state index in [9.17, 15) is 10.1 Å². The molecule has 1 aromatic carbocycles. The van der Waals surface area contributed by atoms with Gasteiger partial charge in [-0.05, 0) is 25.1 Å². The lowest BCUT2D eigenvalue weighted by atomic mass is 10.2. The molecule has 0 aliphatic carbocycles. The van der Waals surface area contributed by atoms with E-state index in [4.69, 9.17) is 4.98 Å². The number of nitro groups is 1. The number of aromatic nitrogens is 3. The van der Waals surface area contributed by atoms with E-state index in [-0.39, 0.29) is 10.6 Å². The van der Waals surface area contributed by atoms with E-state index in [0.717, 1.165) is 30.2 Å². The van der Waals surface area contributed by atoms with E-state index in [1.165, 1.54) is 0 Å². The maximum absolute atomic E-state index is 11.3. The fourth-order valence-corrected chi connectivity index (χ4v) is 3.41. The number of pyridine rings is 1. The number of hydrogen-bond acceptors (Lipinski definition) is 7. The Hall–Kier alpha value is -3.55. The summed E-state index contributed by atoms with van der Waals surface area (Å²) in [5.74, 6) is 1.56. The first kappa shape index (κ1) is 17.8. The predicted molar refractivity (Wildman–Crippen MR) is 108 cm³/mol.